The normalized spacial score (nSPS) is 29.9. The van der Waals surface area contributed by atoms with Crippen molar-refractivity contribution >= 4 is 50.3 Å². The van der Waals surface area contributed by atoms with Crippen molar-refractivity contribution in [2.24, 2.45) is 17.8 Å². The van der Waals surface area contributed by atoms with Gasteiger partial charge >= 0.3 is 12.3 Å². The third-order valence-electron chi connectivity index (χ3n) is 13.4. The van der Waals surface area contributed by atoms with Crippen LogP contribution in [0, 0.1) is 17.8 Å². The van der Waals surface area contributed by atoms with Crippen LogP contribution in [-0.4, -0.2) is 132 Å². The topological polar surface area (TPSA) is 188 Å². The van der Waals surface area contributed by atoms with Gasteiger partial charge < -0.3 is 29.7 Å². The number of nitrogens with zero attached hydrogens (tertiary/aromatic N) is 4. The van der Waals surface area contributed by atoms with Crippen LogP contribution in [0.15, 0.2) is 42.6 Å². The zero-order valence-corrected chi connectivity index (χ0v) is 35.9. The SMILES string of the molecule is C[C@@H]1CC/C=C\[C@@H]2C[C@@]2(C(=O)NS(=O)(=O)C2(CF)CC2)NC(=O)[C@@H]2C[C@@H](Oc3ncc(N4CCOCC4)c4ccccc34)CN2C(=O)[C@@H](N(C(=O)O)C(C)(C)C(F)(F)F)[C@H](C)C1. The molecule has 3 N–H and O–H groups in total. The van der Waals surface area contributed by atoms with Crippen LogP contribution in [0.5, 0.6) is 5.88 Å². The Morgan fingerprint density at radius 1 is 1.10 bits per heavy atom. The van der Waals surface area contributed by atoms with Crippen LogP contribution >= 0.6 is 0 Å². The largest absolute Gasteiger partial charge is 0.472 e. The molecule has 3 aliphatic heterocycles. The van der Waals surface area contributed by atoms with E-state index in [9.17, 15) is 45.5 Å². The van der Waals surface area contributed by atoms with Crippen molar-refractivity contribution in [3.63, 3.8) is 0 Å². The molecular weight excluding hydrogens is 841 g/mol. The standard InChI is InChI=1S/C42H54F4N6O9S/c1-25-9-5-6-10-27-21-41(27,37(55)49-62(58,59)40(24-43)13-14-40)48-34(53)31-20-28(61-35-30-12-8-7-11-29(30)32(22-47-35)50-15-17-60-18-16-50)23-51(31)36(54)33(26(2)19-25)52(38(56)57)39(3,4)42(44,45)46/h6-8,10-12,22,25-28,31,33H,5,9,13-21,23-24H2,1-4H3,(H,48,53)(H,49,55)(H,56,57)/b10-6-/t25-,26-,27-,28-,31+,33+,41-/m1/s1. The van der Waals surface area contributed by atoms with Crippen LogP contribution in [-0.2, 0) is 29.1 Å². The smallest absolute Gasteiger partial charge is 0.411 e. The first-order valence-electron chi connectivity index (χ1n) is 21.0. The molecule has 2 saturated carbocycles. The van der Waals surface area contributed by atoms with E-state index in [1.807, 2.05) is 23.8 Å². The molecule has 340 valence electrons. The summed E-state index contributed by atoms with van der Waals surface area (Å²) in [6.45, 7) is 5.40. The molecule has 4 amide bonds. The number of hydrogen-bond acceptors (Lipinski definition) is 10. The predicted molar refractivity (Wildman–Crippen MR) is 218 cm³/mol. The minimum Gasteiger partial charge on any atom is -0.472 e. The quantitative estimate of drug-likeness (QED) is 0.229. The molecule has 62 heavy (non-hydrogen) atoms. The molecule has 2 saturated heterocycles. The lowest BCUT2D eigenvalue weighted by atomic mass is 9.85. The number of carbonyl (C=O) groups is 4. The van der Waals surface area contributed by atoms with E-state index in [2.05, 4.69) is 15.2 Å². The minimum atomic E-state index is -5.12. The summed E-state index contributed by atoms with van der Waals surface area (Å²) in [6, 6.07) is 3.87. The maximum absolute atomic E-state index is 15.1. The van der Waals surface area contributed by atoms with Crippen LogP contribution in [0.2, 0.25) is 0 Å². The van der Waals surface area contributed by atoms with E-state index in [0.717, 1.165) is 16.0 Å². The fourth-order valence-corrected chi connectivity index (χ4v) is 10.6. The van der Waals surface area contributed by atoms with E-state index in [0.29, 0.717) is 58.4 Å². The number of sulfonamides is 1. The molecule has 15 nitrogen and oxygen atoms in total. The van der Waals surface area contributed by atoms with E-state index in [1.54, 1.807) is 30.5 Å². The molecule has 0 bridgehead atoms. The lowest BCUT2D eigenvalue weighted by Gasteiger charge is -2.45. The van der Waals surface area contributed by atoms with E-state index in [-0.39, 0.29) is 55.3 Å². The third kappa shape index (κ3) is 8.40. The third-order valence-corrected chi connectivity index (χ3v) is 15.5. The van der Waals surface area contributed by atoms with Crippen molar-refractivity contribution in [2.45, 2.75) is 113 Å². The van der Waals surface area contributed by atoms with Crippen LogP contribution in [0.3, 0.4) is 0 Å². The second-order valence-electron chi connectivity index (χ2n) is 18.1. The van der Waals surface area contributed by atoms with Crippen molar-refractivity contribution in [1.29, 1.82) is 0 Å². The summed E-state index contributed by atoms with van der Waals surface area (Å²) in [5.74, 6) is -4.85. The summed E-state index contributed by atoms with van der Waals surface area (Å²) < 4.78 is 97.0. The number of morpholine rings is 1. The van der Waals surface area contributed by atoms with E-state index in [4.69, 9.17) is 9.47 Å². The molecule has 2 aromatic rings. The highest BCUT2D eigenvalue weighted by Gasteiger charge is 2.64. The van der Waals surface area contributed by atoms with Gasteiger partial charge in [0.15, 0.2) is 0 Å². The Balaban J connectivity index is 1.28. The Bertz CT molecular complexity index is 2220. The number of rotatable bonds is 9. The number of carboxylic acid groups (broad SMARTS) is 1. The fourth-order valence-electron chi connectivity index (χ4n) is 9.20. The van der Waals surface area contributed by atoms with Gasteiger partial charge in [0, 0.05) is 36.2 Å². The molecule has 0 spiro atoms. The summed E-state index contributed by atoms with van der Waals surface area (Å²) in [5.41, 5.74) is -4.07. The van der Waals surface area contributed by atoms with Gasteiger partial charge in [-0.3, -0.25) is 24.0 Å². The summed E-state index contributed by atoms with van der Waals surface area (Å²) in [5, 5.41) is 14.6. The first-order valence-corrected chi connectivity index (χ1v) is 22.5. The highest BCUT2D eigenvalue weighted by Crippen LogP contribution is 2.48. The van der Waals surface area contributed by atoms with Crippen molar-refractivity contribution in [1.82, 2.24) is 24.8 Å². The number of fused-ring (bicyclic) bond motifs is 3. The van der Waals surface area contributed by atoms with Crippen LogP contribution in [0.25, 0.3) is 10.8 Å². The molecule has 20 heteroatoms. The number of nitrogens with one attached hydrogen (secondary N) is 2. The monoisotopic (exact) mass is 894 g/mol. The van der Waals surface area contributed by atoms with Crippen LogP contribution in [0.4, 0.5) is 28.0 Å². The Labute approximate surface area is 357 Å². The van der Waals surface area contributed by atoms with Gasteiger partial charge in [-0.1, -0.05) is 44.2 Å². The zero-order valence-electron chi connectivity index (χ0n) is 35.1. The number of benzene rings is 1. The maximum atomic E-state index is 15.1. The van der Waals surface area contributed by atoms with Crippen molar-refractivity contribution in [3.8, 4) is 5.88 Å². The molecule has 4 heterocycles. The summed E-state index contributed by atoms with van der Waals surface area (Å²) in [6.07, 6.45) is -2.28. The molecule has 0 radical (unpaired) electrons. The lowest BCUT2D eigenvalue weighted by molar-refractivity contribution is -0.222. The van der Waals surface area contributed by atoms with Gasteiger partial charge in [0.1, 0.15) is 40.7 Å². The van der Waals surface area contributed by atoms with Gasteiger partial charge in [-0.15, -0.1) is 0 Å². The van der Waals surface area contributed by atoms with E-state index >= 15 is 4.79 Å². The van der Waals surface area contributed by atoms with Crippen molar-refractivity contribution in [2.75, 3.05) is 44.4 Å². The molecule has 0 unspecified atom stereocenters. The number of pyridine rings is 1. The number of aromatic nitrogens is 1. The van der Waals surface area contributed by atoms with Gasteiger partial charge in [0.2, 0.25) is 27.7 Å². The predicted octanol–water partition coefficient (Wildman–Crippen LogP) is 4.94. The first kappa shape index (κ1) is 45.3. The molecule has 7 atom stereocenters. The molecule has 1 aromatic heterocycles. The maximum Gasteiger partial charge on any atom is 0.411 e. The van der Waals surface area contributed by atoms with Gasteiger partial charge in [0.25, 0.3) is 5.91 Å². The van der Waals surface area contributed by atoms with E-state index < -0.39 is 92.5 Å². The highest BCUT2D eigenvalue weighted by molar-refractivity contribution is 7.91. The number of allylic oxidation sites excluding steroid dienone is 1. The van der Waals surface area contributed by atoms with Gasteiger partial charge in [-0.05, 0) is 70.3 Å². The molecule has 1 aromatic carbocycles. The fraction of sp³-hybridized carbons (Fsp3) is 0.643. The molecular formula is C42H54F4N6O9S. The summed E-state index contributed by atoms with van der Waals surface area (Å²) in [7, 11) is -4.51. The molecule has 2 aliphatic carbocycles. The molecule has 4 fully saturated rings. The summed E-state index contributed by atoms with van der Waals surface area (Å²) >= 11 is 0. The summed E-state index contributed by atoms with van der Waals surface area (Å²) in [4.78, 5) is 64.6. The Hall–Kier alpha value is -4.72. The number of anilines is 1. The second kappa shape index (κ2) is 16.8. The number of alkyl halides is 4. The van der Waals surface area contributed by atoms with Crippen molar-refractivity contribution in [3.05, 3.63) is 42.6 Å². The van der Waals surface area contributed by atoms with Crippen LogP contribution < -0.4 is 19.7 Å². The van der Waals surface area contributed by atoms with E-state index in [1.165, 1.54) is 6.92 Å². The average molecular weight is 895 g/mol. The number of amides is 4. The molecule has 5 aliphatic rings. The average Bonchev–Trinajstić information content (AvgIpc) is 4.12. The van der Waals surface area contributed by atoms with Gasteiger partial charge in [-0.2, -0.15) is 13.2 Å². The van der Waals surface area contributed by atoms with Crippen LogP contribution in [0.1, 0.15) is 72.6 Å². The number of carbonyl (C=O) groups excluding carboxylic acids is 3. The first-order chi connectivity index (χ1) is 29.2. The van der Waals surface area contributed by atoms with Gasteiger partial charge in [0.05, 0.1) is 31.6 Å². The number of ether oxygens (including phenoxy) is 2. The Morgan fingerprint density at radius 3 is 2.40 bits per heavy atom. The lowest BCUT2D eigenvalue weighted by Crippen LogP contribution is -2.66. The zero-order chi connectivity index (χ0) is 45.0. The Kier molecular flexibility index (Phi) is 12.3. The number of halogens is 4. The highest BCUT2D eigenvalue weighted by atomic mass is 32.2. The second-order valence-corrected chi connectivity index (χ2v) is 20.2. The minimum absolute atomic E-state index is 0.00566. The Morgan fingerprint density at radius 2 is 1.77 bits per heavy atom. The van der Waals surface area contributed by atoms with Gasteiger partial charge in [-0.25, -0.2) is 22.6 Å². The molecule has 7 rings (SSSR count). The van der Waals surface area contributed by atoms with Crippen molar-refractivity contribution < 1.29 is 59.7 Å². The number of hydrogen-bond donors (Lipinski definition) is 3.